The Balaban J connectivity index is 1.87. The molecule has 0 aliphatic rings. The molecule has 0 radical (unpaired) electrons. The van der Waals surface area contributed by atoms with E-state index in [4.69, 9.17) is 9.47 Å². The van der Waals surface area contributed by atoms with Crippen LogP contribution in [0.15, 0.2) is 48.5 Å². The molecule has 7 heteroatoms. The standard InChI is InChI=1S/C20H19N3O4/c1-13-19(21-22-23(13)15-7-5-4-6-8-15)16(24)10-9-14-11-17(26-2)20(25)18(12-14)27-3/h4-12,25H,1-3H3/b10-9+. The number of phenols is 1. The highest BCUT2D eigenvalue weighted by Gasteiger charge is 2.15. The predicted octanol–water partition coefficient (Wildman–Crippen LogP) is 3.19. The summed E-state index contributed by atoms with van der Waals surface area (Å²) in [6.07, 6.45) is 3.01. The number of allylic oxidation sites excluding steroid dienone is 1. The fourth-order valence-electron chi connectivity index (χ4n) is 2.63. The van der Waals surface area contributed by atoms with E-state index in [1.54, 1.807) is 29.8 Å². The minimum atomic E-state index is -0.277. The average molecular weight is 365 g/mol. The van der Waals surface area contributed by atoms with Gasteiger partial charge in [0.15, 0.2) is 17.2 Å². The first-order valence-electron chi connectivity index (χ1n) is 8.20. The lowest BCUT2D eigenvalue weighted by atomic mass is 10.1. The van der Waals surface area contributed by atoms with Crippen molar-refractivity contribution in [2.24, 2.45) is 0 Å². The Kier molecular flexibility index (Phi) is 5.21. The van der Waals surface area contributed by atoms with Crippen molar-refractivity contribution in [2.45, 2.75) is 6.92 Å². The van der Waals surface area contributed by atoms with E-state index in [9.17, 15) is 9.90 Å². The summed E-state index contributed by atoms with van der Waals surface area (Å²) in [5, 5.41) is 18.0. The second-order valence-corrected chi connectivity index (χ2v) is 5.74. The Morgan fingerprint density at radius 3 is 2.33 bits per heavy atom. The first-order chi connectivity index (χ1) is 13.0. The van der Waals surface area contributed by atoms with Gasteiger partial charge in [-0.2, -0.15) is 0 Å². The molecule has 27 heavy (non-hydrogen) atoms. The molecule has 3 aromatic rings. The summed E-state index contributed by atoms with van der Waals surface area (Å²) in [6.45, 7) is 1.79. The predicted molar refractivity (Wildman–Crippen MR) is 101 cm³/mol. The van der Waals surface area contributed by atoms with Gasteiger partial charge in [0.25, 0.3) is 0 Å². The van der Waals surface area contributed by atoms with Gasteiger partial charge in [-0.25, -0.2) is 4.68 Å². The zero-order valence-corrected chi connectivity index (χ0v) is 15.2. The van der Waals surface area contributed by atoms with E-state index in [1.807, 2.05) is 30.3 Å². The van der Waals surface area contributed by atoms with Gasteiger partial charge >= 0.3 is 0 Å². The van der Waals surface area contributed by atoms with E-state index in [-0.39, 0.29) is 28.7 Å². The number of methoxy groups -OCH3 is 2. The number of para-hydroxylation sites is 1. The SMILES string of the molecule is COc1cc(/C=C/C(=O)c2nnn(-c3ccccc3)c2C)cc(OC)c1O. The lowest BCUT2D eigenvalue weighted by molar-refractivity contribution is 0.104. The van der Waals surface area contributed by atoms with Crippen molar-refractivity contribution in [3.63, 3.8) is 0 Å². The average Bonchev–Trinajstić information content (AvgIpc) is 3.09. The van der Waals surface area contributed by atoms with Gasteiger partial charge < -0.3 is 14.6 Å². The van der Waals surface area contributed by atoms with E-state index < -0.39 is 0 Å². The van der Waals surface area contributed by atoms with Crippen molar-refractivity contribution in [1.82, 2.24) is 15.0 Å². The van der Waals surface area contributed by atoms with Gasteiger partial charge in [-0.3, -0.25) is 4.79 Å². The summed E-state index contributed by atoms with van der Waals surface area (Å²) in [5.41, 5.74) is 2.39. The normalized spacial score (nSPS) is 10.9. The van der Waals surface area contributed by atoms with Crippen LogP contribution in [0.4, 0.5) is 0 Å². The molecule has 0 saturated heterocycles. The van der Waals surface area contributed by atoms with Crippen LogP contribution in [0.5, 0.6) is 17.2 Å². The Hall–Kier alpha value is -3.61. The van der Waals surface area contributed by atoms with Crippen molar-refractivity contribution in [2.75, 3.05) is 14.2 Å². The fraction of sp³-hybridized carbons (Fsp3) is 0.150. The molecule has 3 rings (SSSR count). The minimum absolute atomic E-state index is 0.0925. The van der Waals surface area contributed by atoms with Crippen LogP contribution in [0.3, 0.4) is 0 Å². The number of ether oxygens (including phenoxy) is 2. The molecule has 0 bridgehead atoms. The third-order valence-corrected chi connectivity index (χ3v) is 4.06. The molecule has 0 fully saturated rings. The molecule has 2 aromatic carbocycles. The summed E-state index contributed by atoms with van der Waals surface area (Å²) in [5.74, 6) is 0.145. The number of hydrogen-bond acceptors (Lipinski definition) is 6. The summed E-state index contributed by atoms with van der Waals surface area (Å²) in [4.78, 5) is 12.5. The Morgan fingerprint density at radius 2 is 1.74 bits per heavy atom. The number of hydrogen-bond donors (Lipinski definition) is 1. The zero-order valence-electron chi connectivity index (χ0n) is 15.2. The van der Waals surface area contributed by atoms with Crippen LogP contribution in [-0.2, 0) is 0 Å². The number of aromatic nitrogens is 3. The Bertz CT molecular complexity index is 969. The van der Waals surface area contributed by atoms with E-state index in [1.165, 1.54) is 20.3 Å². The van der Waals surface area contributed by atoms with Gasteiger partial charge in [-0.15, -0.1) is 5.10 Å². The van der Waals surface area contributed by atoms with E-state index in [2.05, 4.69) is 10.3 Å². The minimum Gasteiger partial charge on any atom is -0.502 e. The van der Waals surface area contributed by atoms with Gasteiger partial charge in [0.2, 0.25) is 11.5 Å². The summed E-state index contributed by atoms with van der Waals surface area (Å²) < 4.78 is 11.9. The maximum atomic E-state index is 12.5. The van der Waals surface area contributed by atoms with Crippen LogP contribution in [0.1, 0.15) is 21.7 Å². The first kappa shape index (κ1) is 18.2. The molecule has 0 aliphatic carbocycles. The zero-order chi connectivity index (χ0) is 19.4. The largest absolute Gasteiger partial charge is 0.502 e. The third kappa shape index (κ3) is 3.67. The lowest BCUT2D eigenvalue weighted by Crippen LogP contribution is -2.01. The molecule has 0 unspecified atom stereocenters. The van der Waals surface area contributed by atoms with Gasteiger partial charge in [0, 0.05) is 0 Å². The monoisotopic (exact) mass is 365 g/mol. The molecule has 0 saturated carbocycles. The molecule has 138 valence electrons. The van der Waals surface area contributed by atoms with Crippen molar-refractivity contribution >= 4 is 11.9 Å². The number of ketones is 1. The van der Waals surface area contributed by atoms with Gasteiger partial charge in [0.1, 0.15) is 0 Å². The van der Waals surface area contributed by atoms with E-state index in [0.717, 1.165) is 5.69 Å². The molecular weight excluding hydrogens is 346 g/mol. The fourth-order valence-corrected chi connectivity index (χ4v) is 2.63. The maximum Gasteiger partial charge on any atom is 0.208 e. The molecule has 0 atom stereocenters. The number of nitrogens with zero attached hydrogens (tertiary/aromatic N) is 3. The lowest BCUT2D eigenvalue weighted by Gasteiger charge is -2.09. The maximum absolute atomic E-state index is 12.5. The smallest absolute Gasteiger partial charge is 0.208 e. The van der Waals surface area contributed by atoms with Gasteiger partial charge in [0.05, 0.1) is 25.6 Å². The van der Waals surface area contributed by atoms with Gasteiger partial charge in [-0.05, 0) is 42.8 Å². The quantitative estimate of drug-likeness (QED) is 0.533. The molecule has 1 aromatic heterocycles. The van der Waals surface area contributed by atoms with Crippen LogP contribution in [0, 0.1) is 6.92 Å². The number of carbonyl (C=O) groups is 1. The van der Waals surface area contributed by atoms with Crippen molar-refractivity contribution in [3.05, 3.63) is 65.5 Å². The molecular formula is C20H19N3O4. The molecule has 0 aliphatic heterocycles. The topological polar surface area (TPSA) is 86.5 Å². The first-order valence-corrected chi connectivity index (χ1v) is 8.20. The number of rotatable bonds is 6. The number of phenolic OH excluding ortho intramolecular Hbond substituents is 1. The highest BCUT2D eigenvalue weighted by atomic mass is 16.5. The third-order valence-electron chi connectivity index (χ3n) is 4.06. The van der Waals surface area contributed by atoms with Crippen molar-refractivity contribution < 1.29 is 19.4 Å². The Morgan fingerprint density at radius 1 is 1.11 bits per heavy atom. The van der Waals surface area contributed by atoms with Crippen LogP contribution in [0.2, 0.25) is 0 Å². The second kappa shape index (κ2) is 7.74. The highest BCUT2D eigenvalue weighted by molar-refractivity contribution is 6.06. The van der Waals surface area contributed by atoms with Crippen LogP contribution in [0.25, 0.3) is 11.8 Å². The highest BCUT2D eigenvalue weighted by Crippen LogP contribution is 2.37. The number of carbonyl (C=O) groups excluding carboxylic acids is 1. The molecule has 0 spiro atoms. The van der Waals surface area contributed by atoms with E-state index in [0.29, 0.717) is 11.3 Å². The van der Waals surface area contributed by atoms with Gasteiger partial charge in [-0.1, -0.05) is 29.5 Å². The summed E-state index contributed by atoms with van der Waals surface area (Å²) in [7, 11) is 2.89. The van der Waals surface area contributed by atoms with Crippen molar-refractivity contribution in [3.8, 4) is 22.9 Å². The van der Waals surface area contributed by atoms with Crippen LogP contribution in [-0.4, -0.2) is 40.1 Å². The van der Waals surface area contributed by atoms with Crippen LogP contribution >= 0.6 is 0 Å². The summed E-state index contributed by atoms with van der Waals surface area (Å²) >= 11 is 0. The van der Waals surface area contributed by atoms with E-state index >= 15 is 0 Å². The molecule has 0 amide bonds. The number of aromatic hydroxyl groups is 1. The molecule has 7 nitrogen and oxygen atoms in total. The second-order valence-electron chi connectivity index (χ2n) is 5.74. The molecule has 1 heterocycles. The van der Waals surface area contributed by atoms with Crippen molar-refractivity contribution in [1.29, 1.82) is 0 Å². The number of benzene rings is 2. The molecule has 1 N–H and O–H groups in total. The Labute approximate surface area is 156 Å². The van der Waals surface area contributed by atoms with Crippen LogP contribution < -0.4 is 9.47 Å². The summed E-state index contributed by atoms with van der Waals surface area (Å²) in [6, 6.07) is 12.7.